The zero-order valence-electron chi connectivity index (χ0n) is 11.4. The van der Waals surface area contributed by atoms with Crippen molar-refractivity contribution in [2.45, 2.75) is 32.3 Å². The molecule has 1 aromatic heterocycles. The molecule has 0 radical (unpaired) electrons. The standard InChI is InChI=1S/C14H18N2O4/c1-2-16(9-13(17)18)14(19)10-6-7-15-12(8-10)20-11-4-3-5-11/h6-8,11H,2-5,9H2,1H3,(H,17,18). The molecule has 1 aliphatic carbocycles. The molecule has 0 atom stereocenters. The van der Waals surface area contributed by atoms with Crippen molar-refractivity contribution in [3.05, 3.63) is 23.9 Å². The maximum Gasteiger partial charge on any atom is 0.323 e. The van der Waals surface area contributed by atoms with Gasteiger partial charge in [0.15, 0.2) is 0 Å². The fourth-order valence-electron chi connectivity index (χ4n) is 1.94. The van der Waals surface area contributed by atoms with Crippen molar-refractivity contribution in [2.24, 2.45) is 0 Å². The van der Waals surface area contributed by atoms with E-state index in [1.165, 1.54) is 11.1 Å². The normalized spacial score (nSPS) is 14.4. The van der Waals surface area contributed by atoms with E-state index in [0.29, 0.717) is 18.0 Å². The van der Waals surface area contributed by atoms with Gasteiger partial charge in [-0.25, -0.2) is 4.98 Å². The third-order valence-corrected chi connectivity index (χ3v) is 3.32. The monoisotopic (exact) mass is 278 g/mol. The summed E-state index contributed by atoms with van der Waals surface area (Å²) in [6.07, 6.45) is 4.88. The maximum atomic E-state index is 12.2. The number of aromatic nitrogens is 1. The minimum atomic E-state index is -1.03. The first-order valence-electron chi connectivity index (χ1n) is 6.74. The number of hydrogen-bond donors (Lipinski definition) is 1. The van der Waals surface area contributed by atoms with E-state index in [4.69, 9.17) is 9.84 Å². The van der Waals surface area contributed by atoms with Crippen molar-refractivity contribution >= 4 is 11.9 Å². The summed E-state index contributed by atoms with van der Waals surface area (Å²) in [7, 11) is 0. The summed E-state index contributed by atoms with van der Waals surface area (Å²) >= 11 is 0. The van der Waals surface area contributed by atoms with Gasteiger partial charge in [-0.1, -0.05) is 0 Å². The average molecular weight is 278 g/mol. The van der Waals surface area contributed by atoms with Crippen LogP contribution < -0.4 is 4.74 Å². The molecule has 6 heteroatoms. The van der Waals surface area contributed by atoms with Gasteiger partial charge < -0.3 is 14.7 Å². The second kappa shape index (κ2) is 6.36. The van der Waals surface area contributed by atoms with Crippen LogP contribution in [0.3, 0.4) is 0 Å². The van der Waals surface area contributed by atoms with Crippen LogP contribution >= 0.6 is 0 Å². The van der Waals surface area contributed by atoms with E-state index in [2.05, 4.69) is 4.98 Å². The van der Waals surface area contributed by atoms with E-state index >= 15 is 0 Å². The molecule has 108 valence electrons. The Morgan fingerprint density at radius 2 is 2.25 bits per heavy atom. The molecule has 1 amide bonds. The average Bonchev–Trinajstić information content (AvgIpc) is 2.39. The Morgan fingerprint density at radius 3 is 2.80 bits per heavy atom. The van der Waals surface area contributed by atoms with E-state index in [1.54, 1.807) is 19.1 Å². The highest BCUT2D eigenvalue weighted by Crippen LogP contribution is 2.24. The summed E-state index contributed by atoms with van der Waals surface area (Å²) in [5.74, 6) is -0.928. The fraction of sp³-hybridized carbons (Fsp3) is 0.500. The van der Waals surface area contributed by atoms with Gasteiger partial charge in [-0.3, -0.25) is 9.59 Å². The molecule has 0 spiro atoms. The van der Waals surface area contributed by atoms with Crippen LogP contribution in [0, 0.1) is 0 Å². The molecule has 1 aliphatic rings. The van der Waals surface area contributed by atoms with Crippen LogP contribution in [-0.2, 0) is 4.79 Å². The molecule has 2 rings (SSSR count). The highest BCUT2D eigenvalue weighted by atomic mass is 16.5. The summed E-state index contributed by atoms with van der Waals surface area (Å²) < 4.78 is 5.64. The van der Waals surface area contributed by atoms with Gasteiger partial charge in [-0.05, 0) is 32.3 Å². The smallest absolute Gasteiger partial charge is 0.323 e. The number of rotatable bonds is 6. The third kappa shape index (κ3) is 3.46. The number of aliphatic carboxylic acids is 1. The summed E-state index contributed by atoms with van der Waals surface area (Å²) in [6, 6.07) is 3.14. The number of carbonyl (C=O) groups excluding carboxylic acids is 1. The zero-order chi connectivity index (χ0) is 14.5. The maximum absolute atomic E-state index is 12.2. The molecule has 1 heterocycles. The minimum absolute atomic E-state index is 0.189. The first-order valence-corrected chi connectivity index (χ1v) is 6.74. The predicted octanol–water partition coefficient (Wildman–Crippen LogP) is 1.56. The highest BCUT2D eigenvalue weighted by Gasteiger charge is 2.21. The molecule has 0 bridgehead atoms. The number of carboxylic acids is 1. The highest BCUT2D eigenvalue weighted by molar-refractivity contribution is 5.96. The molecule has 0 unspecified atom stereocenters. The lowest BCUT2D eigenvalue weighted by Crippen LogP contribution is -2.35. The number of hydrogen-bond acceptors (Lipinski definition) is 4. The topological polar surface area (TPSA) is 79.7 Å². The van der Waals surface area contributed by atoms with Crippen LogP contribution in [0.2, 0.25) is 0 Å². The Hall–Kier alpha value is -2.11. The van der Waals surface area contributed by atoms with Gasteiger partial charge in [-0.2, -0.15) is 0 Å². The SMILES string of the molecule is CCN(CC(=O)O)C(=O)c1ccnc(OC2CCC2)c1. The second-order valence-corrected chi connectivity index (χ2v) is 4.77. The molecule has 1 aromatic rings. The van der Waals surface area contributed by atoms with Gasteiger partial charge in [0.1, 0.15) is 12.6 Å². The second-order valence-electron chi connectivity index (χ2n) is 4.77. The largest absolute Gasteiger partial charge is 0.480 e. The molecule has 1 saturated carbocycles. The number of likely N-dealkylation sites (N-methyl/N-ethyl adjacent to an activating group) is 1. The Balaban J connectivity index is 2.07. The van der Waals surface area contributed by atoms with E-state index in [0.717, 1.165) is 19.3 Å². The molecule has 0 saturated heterocycles. The molecular formula is C14H18N2O4. The van der Waals surface area contributed by atoms with Crippen molar-refractivity contribution in [2.75, 3.05) is 13.1 Å². The van der Waals surface area contributed by atoms with Gasteiger partial charge in [0.25, 0.3) is 5.91 Å². The minimum Gasteiger partial charge on any atom is -0.480 e. The molecule has 1 fully saturated rings. The molecule has 6 nitrogen and oxygen atoms in total. The molecular weight excluding hydrogens is 260 g/mol. The number of nitrogens with zero attached hydrogens (tertiary/aromatic N) is 2. The molecule has 0 aromatic carbocycles. The van der Waals surface area contributed by atoms with E-state index in [1.807, 2.05) is 0 Å². The zero-order valence-corrected chi connectivity index (χ0v) is 11.4. The Labute approximate surface area is 117 Å². The lowest BCUT2D eigenvalue weighted by molar-refractivity contribution is -0.137. The third-order valence-electron chi connectivity index (χ3n) is 3.32. The lowest BCUT2D eigenvalue weighted by atomic mass is 9.96. The number of carbonyl (C=O) groups is 2. The number of carboxylic acid groups (broad SMARTS) is 1. The molecule has 0 aliphatic heterocycles. The fourth-order valence-corrected chi connectivity index (χ4v) is 1.94. The van der Waals surface area contributed by atoms with Gasteiger partial charge in [0.05, 0.1) is 0 Å². The van der Waals surface area contributed by atoms with Gasteiger partial charge in [0, 0.05) is 24.4 Å². The van der Waals surface area contributed by atoms with Crippen molar-refractivity contribution < 1.29 is 19.4 Å². The van der Waals surface area contributed by atoms with E-state index < -0.39 is 5.97 Å². The van der Waals surface area contributed by atoms with Crippen molar-refractivity contribution in [1.29, 1.82) is 0 Å². The Morgan fingerprint density at radius 1 is 1.50 bits per heavy atom. The predicted molar refractivity (Wildman–Crippen MR) is 71.7 cm³/mol. The summed E-state index contributed by atoms with van der Waals surface area (Å²) in [5.41, 5.74) is 0.400. The van der Waals surface area contributed by atoms with E-state index in [-0.39, 0.29) is 18.6 Å². The molecule has 20 heavy (non-hydrogen) atoms. The molecule has 1 N–H and O–H groups in total. The summed E-state index contributed by atoms with van der Waals surface area (Å²) in [4.78, 5) is 28.3. The number of ether oxygens (including phenoxy) is 1. The van der Waals surface area contributed by atoms with Crippen molar-refractivity contribution in [1.82, 2.24) is 9.88 Å². The van der Waals surface area contributed by atoms with Crippen molar-refractivity contribution in [3.8, 4) is 5.88 Å². The van der Waals surface area contributed by atoms with Gasteiger partial charge in [-0.15, -0.1) is 0 Å². The van der Waals surface area contributed by atoms with Gasteiger partial charge in [0.2, 0.25) is 5.88 Å². The van der Waals surface area contributed by atoms with Crippen LogP contribution in [0.1, 0.15) is 36.5 Å². The first-order chi connectivity index (χ1) is 9.60. The van der Waals surface area contributed by atoms with E-state index in [9.17, 15) is 9.59 Å². The van der Waals surface area contributed by atoms with Gasteiger partial charge >= 0.3 is 5.97 Å². The quantitative estimate of drug-likeness (QED) is 0.854. The van der Waals surface area contributed by atoms with Crippen LogP contribution in [0.25, 0.3) is 0 Å². The number of amides is 1. The lowest BCUT2D eigenvalue weighted by Gasteiger charge is -2.26. The number of pyridine rings is 1. The van der Waals surface area contributed by atoms with Crippen LogP contribution in [0.15, 0.2) is 18.3 Å². The van der Waals surface area contributed by atoms with Crippen LogP contribution in [0.5, 0.6) is 5.88 Å². The summed E-state index contributed by atoms with van der Waals surface area (Å²) in [5, 5.41) is 8.79. The first kappa shape index (κ1) is 14.3. The summed E-state index contributed by atoms with van der Waals surface area (Å²) in [6.45, 7) is 1.77. The Bertz CT molecular complexity index is 500. The van der Waals surface area contributed by atoms with Crippen LogP contribution in [-0.4, -0.2) is 46.1 Å². The van der Waals surface area contributed by atoms with Crippen LogP contribution in [0.4, 0.5) is 0 Å². The van der Waals surface area contributed by atoms with Crippen molar-refractivity contribution in [3.63, 3.8) is 0 Å². The Kier molecular flexibility index (Phi) is 4.55.